The van der Waals surface area contributed by atoms with Gasteiger partial charge < -0.3 is 5.11 Å². The van der Waals surface area contributed by atoms with Gasteiger partial charge in [-0.2, -0.15) is 10.3 Å². The highest BCUT2D eigenvalue weighted by molar-refractivity contribution is 9.10. The molecule has 1 amide bonds. The summed E-state index contributed by atoms with van der Waals surface area (Å²) < 4.78 is 0.967. The van der Waals surface area contributed by atoms with Crippen molar-refractivity contribution in [3.8, 4) is 26.9 Å². The summed E-state index contributed by atoms with van der Waals surface area (Å²) in [7, 11) is 0. The number of hydrogen-bond acceptors (Lipinski definition) is 8. The fourth-order valence-corrected chi connectivity index (χ4v) is 4.61. The van der Waals surface area contributed by atoms with Gasteiger partial charge in [-0.1, -0.05) is 28.1 Å². The van der Waals surface area contributed by atoms with E-state index in [0.717, 1.165) is 19.8 Å². The van der Waals surface area contributed by atoms with Crippen molar-refractivity contribution in [2.24, 2.45) is 5.10 Å². The van der Waals surface area contributed by atoms with Crippen LogP contribution < -0.4 is 5.43 Å². The molecule has 3 N–H and O–H groups in total. The van der Waals surface area contributed by atoms with Gasteiger partial charge in [0.15, 0.2) is 0 Å². The van der Waals surface area contributed by atoms with E-state index < -0.39 is 0 Å². The van der Waals surface area contributed by atoms with Crippen molar-refractivity contribution >= 4 is 50.2 Å². The van der Waals surface area contributed by atoms with Crippen LogP contribution in [0.25, 0.3) is 21.1 Å². The van der Waals surface area contributed by atoms with Gasteiger partial charge >= 0.3 is 0 Å². The number of aromatic hydroxyl groups is 1. The van der Waals surface area contributed by atoms with E-state index in [1.165, 1.54) is 22.7 Å². The summed E-state index contributed by atoms with van der Waals surface area (Å²) in [5.41, 5.74) is 4.51. The molecular formula is C18H13BrN6O2S2. The number of hydrazone groups is 1. The van der Waals surface area contributed by atoms with Gasteiger partial charge in [0.25, 0.3) is 5.91 Å². The first-order valence-electron chi connectivity index (χ1n) is 8.28. The van der Waals surface area contributed by atoms with Gasteiger partial charge in [0.1, 0.15) is 5.75 Å². The number of hydrogen-bond donors (Lipinski definition) is 3. The van der Waals surface area contributed by atoms with E-state index in [4.69, 9.17) is 0 Å². The summed E-state index contributed by atoms with van der Waals surface area (Å²) in [6, 6.07) is 11.1. The predicted octanol–water partition coefficient (Wildman–Crippen LogP) is 4.28. The van der Waals surface area contributed by atoms with Crippen LogP contribution in [0.1, 0.15) is 22.2 Å². The number of H-pyrrole nitrogens is 1. The van der Waals surface area contributed by atoms with Crippen LogP contribution in [-0.2, 0) is 0 Å². The van der Waals surface area contributed by atoms with Crippen molar-refractivity contribution in [1.82, 2.24) is 26.0 Å². The number of rotatable bonds is 5. The normalized spacial score (nSPS) is 11.6. The minimum Gasteiger partial charge on any atom is -0.506 e. The molecule has 0 aliphatic carbocycles. The maximum Gasteiger partial charge on any atom is 0.281 e. The molecule has 29 heavy (non-hydrogen) atoms. The summed E-state index contributed by atoms with van der Waals surface area (Å²) in [5.74, 6) is 0.215. The Bertz CT molecular complexity index is 1180. The zero-order chi connectivity index (χ0) is 20.4. The lowest BCUT2D eigenvalue weighted by Crippen LogP contribution is -2.18. The standard InChI is InChI=1S/C18H13BrN6O2S2/c1-9(12-8-28-16(15(12)26)10-2-4-11(19)5-3-10)20-23-18(27)14-7-6-13(29-14)17-21-24-25-22-17/h2-8,26H,1H3,(H,23,27)(H,21,22,24,25)/b20-9+. The third-order valence-corrected chi connectivity index (χ3v) is 6.61. The Balaban J connectivity index is 1.49. The minimum atomic E-state index is -0.355. The van der Waals surface area contributed by atoms with Gasteiger partial charge in [-0.05, 0) is 42.0 Å². The van der Waals surface area contributed by atoms with Gasteiger partial charge in [-0.25, -0.2) is 5.43 Å². The first-order chi connectivity index (χ1) is 14.0. The molecule has 4 aromatic rings. The fraction of sp³-hybridized carbons (Fsp3) is 0.0556. The highest BCUT2D eigenvalue weighted by Crippen LogP contribution is 2.39. The number of halogens is 1. The maximum atomic E-state index is 12.4. The molecule has 1 aromatic carbocycles. The van der Waals surface area contributed by atoms with E-state index in [0.29, 0.717) is 22.0 Å². The van der Waals surface area contributed by atoms with E-state index in [1.54, 1.807) is 19.1 Å². The molecule has 0 unspecified atom stereocenters. The summed E-state index contributed by atoms with van der Waals surface area (Å²) in [6.07, 6.45) is 0. The Labute approximate surface area is 181 Å². The van der Waals surface area contributed by atoms with Crippen LogP contribution in [0.2, 0.25) is 0 Å². The molecule has 4 rings (SSSR count). The topological polar surface area (TPSA) is 116 Å². The second-order valence-electron chi connectivity index (χ2n) is 5.87. The SMILES string of the molecule is C/C(=N\NC(=O)c1ccc(-c2nn[nH]n2)s1)c1csc(-c2ccc(Br)cc2)c1O. The summed E-state index contributed by atoms with van der Waals surface area (Å²) in [6.45, 7) is 1.73. The van der Waals surface area contributed by atoms with E-state index >= 15 is 0 Å². The van der Waals surface area contributed by atoms with Gasteiger partial charge in [0.2, 0.25) is 5.82 Å². The molecule has 146 valence electrons. The lowest BCUT2D eigenvalue weighted by Gasteiger charge is -2.03. The Morgan fingerprint density at radius 3 is 2.76 bits per heavy atom. The Hall–Kier alpha value is -2.89. The summed E-state index contributed by atoms with van der Waals surface area (Å²) in [5, 5.41) is 30.2. The molecule has 0 spiro atoms. The van der Waals surface area contributed by atoms with Crippen LogP contribution in [0.15, 0.2) is 51.4 Å². The lowest BCUT2D eigenvalue weighted by atomic mass is 10.1. The molecule has 0 atom stereocenters. The van der Waals surface area contributed by atoms with Crippen LogP contribution in [0.5, 0.6) is 5.75 Å². The second-order valence-corrected chi connectivity index (χ2v) is 8.75. The van der Waals surface area contributed by atoms with Crippen molar-refractivity contribution in [2.45, 2.75) is 6.92 Å². The first kappa shape index (κ1) is 19.4. The Morgan fingerprint density at radius 2 is 2.03 bits per heavy atom. The highest BCUT2D eigenvalue weighted by Gasteiger charge is 2.16. The van der Waals surface area contributed by atoms with E-state index in [1.807, 2.05) is 29.6 Å². The fourth-order valence-electron chi connectivity index (χ4n) is 2.51. The smallest absolute Gasteiger partial charge is 0.281 e. The van der Waals surface area contributed by atoms with Crippen molar-refractivity contribution in [3.63, 3.8) is 0 Å². The summed E-state index contributed by atoms with van der Waals surface area (Å²) in [4.78, 5) is 14.3. The van der Waals surface area contributed by atoms with Crippen LogP contribution in [0.4, 0.5) is 0 Å². The largest absolute Gasteiger partial charge is 0.506 e. The van der Waals surface area contributed by atoms with Crippen molar-refractivity contribution < 1.29 is 9.90 Å². The van der Waals surface area contributed by atoms with Crippen LogP contribution in [0.3, 0.4) is 0 Å². The molecule has 11 heteroatoms. The number of aromatic nitrogens is 4. The molecule has 0 saturated heterocycles. The molecule has 0 aliphatic heterocycles. The first-order valence-corrected chi connectivity index (χ1v) is 10.8. The van der Waals surface area contributed by atoms with Gasteiger partial charge in [0.05, 0.1) is 25.9 Å². The third kappa shape index (κ3) is 4.11. The number of amides is 1. The number of benzene rings is 1. The van der Waals surface area contributed by atoms with E-state index in [2.05, 4.69) is 47.1 Å². The van der Waals surface area contributed by atoms with Gasteiger partial charge in [-0.15, -0.1) is 32.9 Å². The lowest BCUT2D eigenvalue weighted by molar-refractivity contribution is 0.0959. The molecule has 0 bridgehead atoms. The molecule has 0 saturated carbocycles. The molecule has 3 heterocycles. The number of thiophene rings is 2. The number of aromatic amines is 1. The third-order valence-electron chi connectivity index (χ3n) is 3.98. The van der Waals surface area contributed by atoms with Crippen LogP contribution in [0, 0.1) is 0 Å². The van der Waals surface area contributed by atoms with Crippen LogP contribution >= 0.6 is 38.6 Å². The number of carbonyl (C=O) groups is 1. The zero-order valence-corrected chi connectivity index (χ0v) is 18.1. The molecular weight excluding hydrogens is 476 g/mol. The molecule has 0 fully saturated rings. The van der Waals surface area contributed by atoms with Gasteiger partial charge in [-0.3, -0.25) is 4.79 Å². The molecule has 0 aliphatic rings. The van der Waals surface area contributed by atoms with Crippen molar-refractivity contribution in [3.05, 3.63) is 56.7 Å². The molecule has 0 radical (unpaired) electrons. The monoisotopic (exact) mass is 488 g/mol. The van der Waals surface area contributed by atoms with Crippen molar-refractivity contribution in [1.29, 1.82) is 0 Å². The Kier molecular flexibility index (Phi) is 5.51. The summed E-state index contributed by atoms with van der Waals surface area (Å²) >= 11 is 6.05. The average Bonchev–Trinajstić information content (AvgIpc) is 3.47. The van der Waals surface area contributed by atoms with Crippen molar-refractivity contribution in [2.75, 3.05) is 0 Å². The number of tetrazole rings is 1. The zero-order valence-electron chi connectivity index (χ0n) is 14.9. The van der Waals surface area contributed by atoms with Crippen LogP contribution in [-0.4, -0.2) is 37.3 Å². The number of nitrogens with one attached hydrogen (secondary N) is 2. The molecule has 8 nitrogen and oxygen atoms in total. The van der Waals surface area contributed by atoms with E-state index in [9.17, 15) is 9.90 Å². The quantitative estimate of drug-likeness (QED) is 0.286. The highest BCUT2D eigenvalue weighted by atomic mass is 79.9. The predicted molar refractivity (Wildman–Crippen MR) is 116 cm³/mol. The minimum absolute atomic E-state index is 0.142. The number of carbonyl (C=O) groups excluding carboxylic acids is 1. The Morgan fingerprint density at radius 1 is 1.24 bits per heavy atom. The van der Waals surface area contributed by atoms with E-state index in [-0.39, 0.29) is 11.7 Å². The maximum absolute atomic E-state index is 12.4. The number of nitrogens with zero attached hydrogens (tertiary/aromatic N) is 4. The molecule has 3 aromatic heterocycles. The van der Waals surface area contributed by atoms with Gasteiger partial charge in [0, 0.05) is 9.85 Å². The second kappa shape index (κ2) is 8.23. The average molecular weight is 489 g/mol.